The Morgan fingerprint density at radius 1 is 1.05 bits per heavy atom. The lowest BCUT2D eigenvalue weighted by atomic mass is 10.1. The number of carboxylic acid groups (broad SMARTS) is 1. The van der Waals surface area contributed by atoms with Crippen molar-refractivity contribution in [1.29, 1.82) is 0 Å². The molecule has 3 nitrogen and oxygen atoms in total. The summed E-state index contributed by atoms with van der Waals surface area (Å²) < 4.78 is 0. The molecular formula is C17H15NO2. The van der Waals surface area contributed by atoms with Crippen LogP contribution in [0.15, 0.2) is 54.6 Å². The van der Waals surface area contributed by atoms with E-state index in [1.165, 1.54) is 0 Å². The SMILES string of the molecule is O=C(O)CCc1ccc2[nH]c(-c3ccccc3)cc2c1. The van der Waals surface area contributed by atoms with Gasteiger partial charge in [-0.15, -0.1) is 0 Å². The highest BCUT2D eigenvalue weighted by Crippen LogP contribution is 2.25. The van der Waals surface area contributed by atoms with E-state index in [-0.39, 0.29) is 6.42 Å². The summed E-state index contributed by atoms with van der Waals surface area (Å²) in [5.74, 6) is -0.760. The lowest BCUT2D eigenvalue weighted by Gasteiger charge is -1.98. The number of nitrogens with one attached hydrogen (secondary N) is 1. The summed E-state index contributed by atoms with van der Waals surface area (Å²) in [5.41, 5.74) is 4.35. The van der Waals surface area contributed by atoms with Crippen molar-refractivity contribution in [2.24, 2.45) is 0 Å². The maximum absolute atomic E-state index is 10.6. The van der Waals surface area contributed by atoms with Gasteiger partial charge in [-0.3, -0.25) is 4.79 Å². The van der Waals surface area contributed by atoms with E-state index in [0.717, 1.165) is 27.7 Å². The number of rotatable bonds is 4. The molecule has 3 rings (SSSR count). The van der Waals surface area contributed by atoms with E-state index in [2.05, 4.69) is 29.2 Å². The molecule has 3 aromatic rings. The number of hydrogen-bond donors (Lipinski definition) is 2. The largest absolute Gasteiger partial charge is 0.481 e. The van der Waals surface area contributed by atoms with Crippen molar-refractivity contribution in [1.82, 2.24) is 4.98 Å². The lowest BCUT2D eigenvalue weighted by Crippen LogP contribution is -1.96. The molecule has 0 amide bonds. The molecule has 0 aliphatic carbocycles. The third-order valence-electron chi connectivity index (χ3n) is 3.40. The van der Waals surface area contributed by atoms with Crippen molar-refractivity contribution in [3.05, 3.63) is 60.2 Å². The molecule has 0 unspecified atom stereocenters. The third-order valence-corrected chi connectivity index (χ3v) is 3.40. The zero-order valence-corrected chi connectivity index (χ0v) is 11.0. The molecule has 2 N–H and O–H groups in total. The Bertz CT molecular complexity index is 744. The fourth-order valence-corrected chi connectivity index (χ4v) is 2.36. The second-order valence-corrected chi connectivity index (χ2v) is 4.86. The fourth-order valence-electron chi connectivity index (χ4n) is 2.36. The Labute approximate surface area is 116 Å². The number of fused-ring (bicyclic) bond motifs is 1. The number of aromatic amines is 1. The highest BCUT2D eigenvalue weighted by Gasteiger charge is 2.05. The summed E-state index contributed by atoms with van der Waals surface area (Å²) >= 11 is 0. The Kier molecular flexibility index (Phi) is 3.25. The number of aromatic nitrogens is 1. The highest BCUT2D eigenvalue weighted by molar-refractivity contribution is 5.86. The van der Waals surface area contributed by atoms with Crippen LogP contribution < -0.4 is 0 Å². The molecular weight excluding hydrogens is 250 g/mol. The van der Waals surface area contributed by atoms with Gasteiger partial charge in [0.05, 0.1) is 0 Å². The molecule has 0 aliphatic heterocycles. The van der Waals surface area contributed by atoms with Crippen molar-refractivity contribution in [2.75, 3.05) is 0 Å². The quantitative estimate of drug-likeness (QED) is 0.752. The Hall–Kier alpha value is -2.55. The minimum atomic E-state index is -0.760. The minimum absolute atomic E-state index is 0.168. The molecule has 1 heterocycles. The molecule has 0 radical (unpaired) electrons. The highest BCUT2D eigenvalue weighted by atomic mass is 16.4. The molecule has 0 bridgehead atoms. The van der Waals surface area contributed by atoms with Gasteiger partial charge in [-0.1, -0.05) is 36.4 Å². The van der Waals surface area contributed by atoms with Gasteiger partial charge in [0.25, 0.3) is 0 Å². The lowest BCUT2D eigenvalue weighted by molar-refractivity contribution is -0.136. The van der Waals surface area contributed by atoms with Crippen molar-refractivity contribution in [3.63, 3.8) is 0 Å². The summed E-state index contributed by atoms with van der Waals surface area (Å²) in [5, 5.41) is 9.85. The number of H-pyrrole nitrogens is 1. The van der Waals surface area contributed by atoms with Gasteiger partial charge in [0.2, 0.25) is 0 Å². The van der Waals surface area contributed by atoms with Gasteiger partial charge in [0, 0.05) is 23.0 Å². The standard InChI is InChI=1S/C17H15NO2/c19-17(20)9-7-12-6-8-15-14(10-12)11-16(18-15)13-4-2-1-3-5-13/h1-6,8,10-11,18H,7,9H2,(H,19,20). The Morgan fingerprint density at radius 3 is 2.60 bits per heavy atom. The molecule has 1 aromatic heterocycles. The summed E-state index contributed by atoms with van der Waals surface area (Å²) in [4.78, 5) is 14.0. The van der Waals surface area contributed by atoms with E-state index in [4.69, 9.17) is 5.11 Å². The number of carboxylic acids is 1. The van der Waals surface area contributed by atoms with Crippen molar-refractivity contribution >= 4 is 16.9 Å². The second kappa shape index (κ2) is 5.21. The smallest absolute Gasteiger partial charge is 0.303 e. The van der Waals surface area contributed by atoms with Crippen LogP contribution in [0.3, 0.4) is 0 Å². The van der Waals surface area contributed by atoms with Gasteiger partial charge in [-0.25, -0.2) is 0 Å². The van der Waals surface area contributed by atoms with Crippen LogP contribution >= 0.6 is 0 Å². The molecule has 0 atom stereocenters. The van der Waals surface area contributed by atoms with Gasteiger partial charge in [-0.2, -0.15) is 0 Å². The number of aliphatic carboxylic acids is 1. The normalized spacial score (nSPS) is 10.8. The maximum atomic E-state index is 10.6. The van der Waals surface area contributed by atoms with Crippen LogP contribution in [0.4, 0.5) is 0 Å². The van der Waals surface area contributed by atoms with Gasteiger partial charge >= 0.3 is 5.97 Å². The van der Waals surface area contributed by atoms with Crippen LogP contribution in [0.5, 0.6) is 0 Å². The van der Waals surface area contributed by atoms with E-state index < -0.39 is 5.97 Å². The predicted octanol–water partition coefficient (Wildman–Crippen LogP) is 3.85. The molecule has 0 saturated heterocycles. The first kappa shape index (κ1) is 12.5. The molecule has 0 fully saturated rings. The summed E-state index contributed by atoms with van der Waals surface area (Å²) in [7, 11) is 0. The molecule has 2 aromatic carbocycles. The monoisotopic (exact) mass is 265 g/mol. The van der Waals surface area contributed by atoms with Gasteiger partial charge in [0.1, 0.15) is 0 Å². The fraction of sp³-hybridized carbons (Fsp3) is 0.118. The van der Waals surface area contributed by atoms with Crippen molar-refractivity contribution < 1.29 is 9.90 Å². The molecule has 0 spiro atoms. The number of carbonyl (C=O) groups is 1. The van der Waals surface area contributed by atoms with Gasteiger partial charge in [-0.05, 0) is 35.7 Å². The summed E-state index contributed by atoms with van der Waals surface area (Å²) in [6.45, 7) is 0. The van der Waals surface area contributed by atoms with E-state index in [9.17, 15) is 4.79 Å². The zero-order chi connectivity index (χ0) is 13.9. The van der Waals surface area contributed by atoms with Gasteiger partial charge < -0.3 is 10.1 Å². The summed E-state index contributed by atoms with van der Waals surface area (Å²) in [6.07, 6.45) is 0.735. The number of benzene rings is 2. The average molecular weight is 265 g/mol. The Morgan fingerprint density at radius 2 is 1.85 bits per heavy atom. The first-order valence-corrected chi connectivity index (χ1v) is 6.61. The maximum Gasteiger partial charge on any atom is 0.303 e. The van der Waals surface area contributed by atoms with Crippen LogP contribution in [-0.4, -0.2) is 16.1 Å². The second-order valence-electron chi connectivity index (χ2n) is 4.86. The van der Waals surface area contributed by atoms with Crippen molar-refractivity contribution in [2.45, 2.75) is 12.8 Å². The molecule has 100 valence electrons. The van der Waals surface area contributed by atoms with Crippen LogP contribution in [0.2, 0.25) is 0 Å². The summed E-state index contributed by atoms with van der Waals surface area (Å²) in [6, 6.07) is 18.3. The molecule has 20 heavy (non-hydrogen) atoms. The van der Waals surface area contributed by atoms with Crippen LogP contribution in [-0.2, 0) is 11.2 Å². The first-order chi connectivity index (χ1) is 9.72. The molecule has 0 aliphatic rings. The minimum Gasteiger partial charge on any atom is -0.481 e. The predicted molar refractivity (Wildman–Crippen MR) is 79.7 cm³/mol. The first-order valence-electron chi connectivity index (χ1n) is 6.61. The number of aryl methyl sites for hydroxylation is 1. The van der Waals surface area contributed by atoms with Crippen molar-refractivity contribution in [3.8, 4) is 11.3 Å². The molecule has 3 heteroatoms. The van der Waals surface area contributed by atoms with E-state index in [1.807, 2.05) is 30.3 Å². The average Bonchev–Trinajstić information content (AvgIpc) is 2.89. The molecule has 0 saturated carbocycles. The Balaban J connectivity index is 1.93. The van der Waals surface area contributed by atoms with Crippen LogP contribution in [0.25, 0.3) is 22.2 Å². The van der Waals surface area contributed by atoms with Crippen LogP contribution in [0, 0.1) is 0 Å². The topological polar surface area (TPSA) is 53.1 Å². The van der Waals surface area contributed by atoms with E-state index in [1.54, 1.807) is 0 Å². The van der Waals surface area contributed by atoms with Gasteiger partial charge in [0.15, 0.2) is 0 Å². The van der Waals surface area contributed by atoms with Crippen LogP contribution in [0.1, 0.15) is 12.0 Å². The number of hydrogen-bond acceptors (Lipinski definition) is 1. The van der Waals surface area contributed by atoms with E-state index in [0.29, 0.717) is 6.42 Å². The van der Waals surface area contributed by atoms with E-state index >= 15 is 0 Å². The zero-order valence-electron chi connectivity index (χ0n) is 11.0. The third kappa shape index (κ3) is 2.57.